The van der Waals surface area contributed by atoms with Gasteiger partial charge in [0.25, 0.3) is 0 Å². The number of imide groups is 2. The molecule has 2 heterocycles. The summed E-state index contributed by atoms with van der Waals surface area (Å²) in [5.41, 5.74) is 0. The van der Waals surface area contributed by atoms with E-state index in [4.69, 9.17) is 0 Å². The van der Waals surface area contributed by atoms with Gasteiger partial charge in [0.05, 0.1) is 0 Å². The van der Waals surface area contributed by atoms with Crippen LogP contribution in [0.15, 0.2) is 0 Å². The summed E-state index contributed by atoms with van der Waals surface area (Å²) in [6, 6.07) is 0. The Balaban J connectivity index is 1.73. The smallest absolute Gasteiger partial charge is 0.229 e. The van der Waals surface area contributed by atoms with Gasteiger partial charge in [0.2, 0.25) is 23.6 Å². The number of piperidine rings is 2. The monoisotopic (exact) mass is 280 g/mol. The minimum Gasteiger partial charge on any atom is -0.283 e. The number of carbonyl (C=O) groups is 4. The predicted octanol–water partition coefficient (Wildman–Crippen LogP) is 0.845. The van der Waals surface area contributed by atoms with Crippen molar-refractivity contribution in [3.8, 4) is 0 Å². The summed E-state index contributed by atoms with van der Waals surface area (Å²) < 4.78 is 0. The van der Waals surface area contributed by atoms with Crippen molar-refractivity contribution in [2.45, 2.75) is 51.4 Å². The van der Waals surface area contributed by atoms with Crippen molar-refractivity contribution in [3.63, 3.8) is 0 Å². The number of unbranched alkanes of at least 4 members (excludes halogenated alkanes) is 1. The molecule has 2 fully saturated rings. The molecule has 2 rings (SSSR count). The number of carbonyl (C=O) groups excluding carboxylic acids is 4. The number of hydrogen-bond acceptors (Lipinski definition) is 4. The van der Waals surface area contributed by atoms with Crippen molar-refractivity contribution in [3.05, 3.63) is 0 Å². The van der Waals surface area contributed by atoms with E-state index in [1.165, 1.54) is 9.80 Å². The van der Waals surface area contributed by atoms with Gasteiger partial charge in [-0.05, 0) is 25.7 Å². The van der Waals surface area contributed by atoms with Crippen molar-refractivity contribution >= 4 is 23.6 Å². The lowest BCUT2D eigenvalue weighted by Crippen LogP contribution is -2.42. The third-order valence-corrected chi connectivity index (χ3v) is 3.78. The summed E-state index contributed by atoms with van der Waals surface area (Å²) in [5, 5.41) is 0. The summed E-state index contributed by atoms with van der Waals surface area (Å²) in [7, 11) is 0. The molecule has 20 heavy (non-hydrogen) atoms. The largest absolute Gasteiger partial charge is 0.283 e. The molecule has 2 aliphatic rings. The van der Waals surface area contributed by atoms with Crippen LogP contribution in [0.1, 0.15) is 51.4 Å². The highest BCUT2D eigenvalue weighted by Crippen LogP contribution is 2.15. The summed E-state index contributed by atoms with van der Waals surface area (Å²) in [5.74, 6) is -0.421. The topological polar surface area (TPSA) is 74.8 Å². The molecule has 110 valence electrons. The highest BCUT2D eigenvalue weighted by atomic mass is 16.2. The van der Waals surface area contributed by atoms with Gasteiger partial charge in [-0.15, -0.1) is 0 Å². The molecular weight excluding hydrogens is 260 g/mol. The van der Waals surface area contributed by atoms with Gasteiger partial charge in [-0.2, -0.15) is 0 Å². The minimum absolute atomic E-state index is 0.105. The second kappa shape index (κ2) is 6.63. The Morgan fingerprint density at radius 1 is 0.600 bits per heavy atom. The fraction of sp³-hybridized carbons (Fsp3) is 0.714. The maximum absolute atomic E-state index is 11.6. The Labute approximate surface area is 118 Å². The molecule has 2 aliphatic heterocycles. The lowest BCUT2D eigenvalue weighted by Gasteiger charge is -2.26. The van der Waals surface area contributed by atoms with E-state index in [2.05, 4.69) is 0 Å². The molecule has 0 radical (unpaired) electrons. The Morgan fingerprint density at radius 2 is 0.900 bits per heavy atom. The summed E-state index contributed by atoms with van der Waals surface area (Å²) >= 11 is 0. The van der Waals surface area contributed by atoms with E-state index in [-0.39, 0.29) is 23.6 Å². The van der Waals surface area contributed by atoms with Crippen molar-refractivity contribution < 1.29 is 19.2 Å². The number of likely N-dealkylation sites (tertiary alicyclic amines) is 2. The van der Waals surface area contributed by atoms with E-state index in [0.717, 1.165) is 0 Å². The molecule has 0 unspecified atom stereocenters. The second-order valence-corrected chi connectivity index (χ2v) is 5.29. The molecule has 0 atom stereocenters. The van der Waals surface area contributed by atoms with Crippen LogP contribution < -0.4 is 0 Å². The van der Waals surface area contributed by atoms with Gasteiger partial charge >= 0.3 is 0 Å². The van der Waals surface area contributed by atoms with Crippen LogP contribution in [0.5, 0.6) is 0 Å². The zero-order valence-corrected chi connectivity index (χ0v) is 11.6. The van der Waals surface area contributed by atoms with Gasteiger partial charge in [-0.3, -0.25) is 29.0 Å². The number of hydrogen-bond donors (Lipinski definition) is 0. The first-order valence-electron chi connectivity index (χ1n) is 7.26. The van der Waals surface area contributed by atoms with E-state index in [1.807, 2.05) is 0 Å². The highest BCUT2D eigenvalue weighted by Gasteiger charge is 2.27. The molecule has 0 bridgehead atoms. The average Bonchev–Trinajstić information content (AvgIpc) is 2.40. The molecule has 6 nitrogen and oxygen atoms in total. The molecule has 4 amide bonds. The third kappa shape index (κ3) is 3.43. The third-order valence-electron chi connectivity index (χ3n) is 3.78. The van der Waals surface area contributed by atoms with Crippen LogP contribution in [0.25, 0.3) is 0 Å². The van der Waals surface area contributed by atoms with Gasteiger partial charge in [0.1, 0.15) is 0 Å². The molecule has 0 aromatic heterocycles. The van der Waals surface area contributed by atoms with E-state index in [9.17, 15) is 19.2 Å². The number of rotatable bonds is 5. The van der Waals surface area contributed by atoms with Gasteiger partial charge < -0.3 is 0 Å². The van der Waals surface area contributed by atoms with Crippen LogP contribution in [0, 0.1) is 0 Å². The van der Waals surface area contributed by atoms with E-state index in [1.54, 1.807) is 0 Å². The molecule has 0 spiro atoms. The maximum Gasteiger partial charge on any atom is 0.229 e. The molecule has 6 heteroatoms. The zero-order chi connectivity index (χ0) is 14.5. The lowest BCUT2D eigenvalue weighted by molar-refractivity contribution is -0.150. The average molecular weight is 280 g/mol. The van der Waals surface area contributed by atoms with Crippen LogP contribution in [0.2, 0.25) is 0 Å². The SMILES string of the molecule is O=C1CCCC(=O)N1CCCCN1C(=O)CCCC1=O. The highest BCUT2D eigenvalue weighted by molar-refractivity contribution is 5.98. The summed E-state index contributed by atoms with van der Waals surface area (Å²) in [6.45, 7) is 0.793. The molecule has 0 saturated carbocycles. The molecule has 0 aliphatic carbocycles. The van der Waals surface area contributed by atoms with Gasteiger partial charge in [0.15, 0.2) is 0 Å². The molecule has 2 saturated heterocycles. The van der Waals surface area contributed by atoms with Crippen LogP contribution in [0.4, 0.5) is 0 Å². The number of nitrogens with zero attached hydrogens (tertiary/aromatic N) is 2. The fourth-order valence-electron chi connectivity index (χ4n) is 2.64. The standard InChI is InChI=1S/C14H20N2O4/c17-11-5-3-6-12(18)15(11)9-1-2-10-16-13(19)7-4-8-14(16)20/h1-10H2. The van der Waals surface area contributed by atoms with E-state index < -0.39 is 0 Å². The molecule has 0 aromatic rings. The van der Waals surface area contributed by atoms with Crippen molar-refractivity contribution in [2.24, 2.45) is 0 Å². The quantitative estimate of drug-likeness (QED) is 0.552. The van der Waals surface area contributed by atoms with Crippen molar-refractivity contribution in [1.29, 1.82) is 0 Å². The second-order valence-electron chi connectivity index (χ2n) is 5.29. The van der Waals surface area contributed by atoms with Crippen LogP contribution in [0.3, 0.4) is 0 Å². The normalized spacial score (nSPS) is 20.8. The Kier molecular flexibility index (Phi) is 4.87. The van der Waals surface area contributed by atoms with Gasteiger partial charge in [-0.1, -0.05) is 0 Å². The molecule has 0 N–H and O–H groups in total. The van der Waals surface area contributed by atoms with Crippen LogP contribution in [-0.4, -0.2) is 46.5 Å². The Hall–Kier alpha value is -1.72. The maximum atomic E-state index is 11.6. The van der Waals surface area contributed by atoms with Crippen LogP contribution in [-0.2, 0) is 19.2 Å². The zero-order valence-electron chi connectivity index (χ0n) is 11.6. The van der Waals surface area contributed by atoms with Crippen LogP contribution >= 0.6 is 0 Å². The first-order chi connectivity index (χ1) is 9.59. The fourth-order valence-corrected chi connectivity index (χ4v) is 2.64. The molecular formula is C14H20N2O4. The van der Waals surface area contributed by atoms with Crippen molar-refractivity contribution in [2.75, 3.05) is 13.1 Å². The van der Waals surface area contributed by atoms with Gasteiger partial charge in [0, 0.05) is 38.8 Å². The lowest BCUT2D eigenvalue weighted by atomic mass is 10.1. The summed E-state index contributed by atoms with van der Waals surface area (Å²) in [4.78, 5) is 49.0. The minimum atomic E-state index is -0.105. The van der Waals surface area contributed by atoms with Crippen molar-refractivity contribution in [1.82, 2.24) is 9.80 Å². The predicted molar refractivity (Wildman–Crippen MR) is 70.4 cm³/mol. The Bertz CT molecular complexity index is 361. The first kappa shape index (κ1) is 14.7. The van der Waals surface area contributed by atoms with E-state index >= 15 is 0 Å². The first-order valence-corrected chi connectivity index (χ1v) is 7.26. The summed E-state index contributed by atoms with van der Waals surface area (Å²) in [6.07, 6.45) is 4.31. The van der Waals surface area contributed by atoms with E-state index in [0.29, 0.717) is 64.5 Å². The van der Waals surface area contributed by atoms with Gasteiger partial charge in [-0.25, -0.2) is 0 Å². The molecule has 0 aromatic carbocycles. The Morgan fingerprint density at radius 3 is 1.20 bits per heavy atom. The number of amides is 4.